The van der Waals surface area contributed by atoms with Gasteiger partial charge in [0, 0.05) is 37.8 Å². The lowest BCUT2D eigenvalue weighted by atomic mass is 10.0. The SMILES string of the molecule is COc1ccc(N(C)C(=O)[C@H](Cc2ccccc2)NC(=O)CNC(=O)NCC(=O)NC2(C(=O)N(C)c3ccc(OC)cc3)CC2c2ccccc2)cc1. The number of hydrogen-bond donors (Lipinski definition) is 4. The summed E-state index contributed by atoms with van der Waals surface area (Å²) in [5.41, 5.74) is 1.75. The van der Waals surface area contributed by atoms with Crippen LogP contribution >= 0.6 is 0 Å². The minimum Gasteiger partial charge on any atom is -0.497 e. The van der Waals surface area contributed by atoms with E-state index in [9.17, 15) is 24.0 Å². The predicted octanol–water partition coefficient (Wildman–Crippen LogP) is 3.40. The fraction of sp³-hybridized carbons (Fsp3) is 0.275. The molecule has 0 heterocycles. The molecule has 1 saturated carbocycles. The number of hydrogen-bond acceptors (Lipinski definition) is 7. The summed E-state index contributed by atoms with van der Waals surface area (Å²) in [6.07, 6.45) is 0.599. The number of carbonyl (C=O) groups excluding carboxylic acids is 5. The van der Waals surface area contributed by atoms with Crippen molar-refractivity contribution in [1.82, 2.24) is 21.3 Å². The molecule has 5 rings (SSSR count). The Balaban J connectivity index is 1.17. The standard InChI is InChI=1S/C40H44N6O7/c1-45(29-15-19-31(52-3)20-16-29)37(49)34(23-27-11-7-5-8-12-27)43-35(47)25-41-39(51)42-26-36(48)44-40(24-33(40)28-13-9-6-10-14-28)38(50)46(2)30-17-21-32(53-4)22-18-30/h5-22,33-34H,23-26H2,1-4H3,(H,43,47)(H,44,48)(H2,41,42,51)/t33?,34-,40?/m0/s1. The zero-order chi connectivity index (χ0) is 38.0. The molecule has 53 heavy (non-hydrogen) atoms. The number of likely N-dealkylation sites (N-methyl/N-ethyl adjacent to an activating group) is 2. The molecule has 4 N–H and O–H groups in total. The Labute approximate surface area is 308 Å². The highest BCUT2D eigenvalue weighted by Crippen LogP contribution is 2.52. The van der Waals surface area contributed by atoms with Crippen LogP contribution in [0.2, 0.25) is 0 Å². The Morgan fingerprint density at radius 3 is 1.75 bits per heavy atom. The van der Waals surface area contributed by atoms with Crippen molar-refractivity contribution in [3.63, 3.8) is 0 Å². The Hall–Kier alpha value is -6.37. The predicted molar refractivity (Wildman–Crippen MR) is 201 cm³/mol. The van der Waals surface area contributed by atoms with Crippen molar-refractivity contribution in [3.8, 4) is 11.5 Å². The van der Waals surface area contributed by atoms with Gasteiger partial charge in [-0.2, -0.15) is 0 Å². The van der Waals surface area contributed by atoms with E-state index in [1.165, 1.54) is 9.80 Å². The molecule has 0 radical (unpaired) electrons. The van der Waals surface area contributed by atoms with Gasteiger partial charge in [0.05, 0.1) is 27.3 Å². The van der Waals surface area contributed by atoms with Gasteiger partial charge in [0.15, 0.2) is 0 Å². The van der Waals surface area contributed by atoms with Crippen LogP contribution in [0, 0.1) is 0 Å². The first kappa shape index (κ1) is 37.9. The number of rotatable bonds is 15. The second-order valence-electron chi connectivity index (χ2n) is 12.7. The highest BCUT2D eigenvalue weighted by atomic mass is 16.5. The van der Waals surface area contributed by atoms with E-state index in [4.69, 9.17) is 9.47 Å². The maximum atomic E-state index is 13.9. The average molecular weight is 721 g/mol. The van der Waals surface area contributed by atoms with E-state index in [1.807, 2.05) is 60.7 Å². The lowest BCUT2D eigenvalue weighted by Gasteiger charge is -2.26. The largest absolute Gasteiger partial charge is 0.497 e. The number of anilines is 2. The second-order valence-corrected chi connectivity index (χ2v) is 12.7. The zero-order valence-corrected chi connectivity index (χ0v) is 30.1. The molecule has 13 nitrogen and oxygen atoms in total. The van der Waals surface area contributed by atoms with E-state index in [0.29, 0.717) is 29.3 Å². The number of nitrogens with zero attached hydrogens (tertiary/aromatic N) is 2. The molecule has 0 spiro atoms. The maximum absolute atomic E-state index is 13.9. The quantitative estimate of drug-likeness (QED) is 0.147. The number of carbonyl (C=O) groups is 5. The summed E-state index contributed by atoms with van der Waals surface area (Å²) in [6, 6.07) is 30.9. The van der Waals surface area contributed by atoms with Gasteiger partial charge >= 0.3 is 6.03 Å². The zero-order valence-electron chi connectivity index (χ0n) is 30.1. The molecular formula is C40H44N6O7. The van der Waals surface area contributed by atoms with Crippen molar-refractivity contribution >= 4 is 41.0 Å². The van der Waals surface area contributed by atoms with Crippen LogP contribution in [0.1, 0.15) is 23.5 Å². The van der Waals surface area contributed by atoms with Crippen LogP contribution in [0.3, 0.4) is 0 Å². The average Bonchev–Trinajstić information content (AvgIpc) is 3.93. The molecule has 276 valence electrons. The molecule has 6 amide bonds. The van der Waals surface area contributed by atoms with E-state index in [0.717, 1.165) is 11.1 Å². The number of amides is 6. The fourth-order valence-corrected chi connectivity index (χ4v) is 6.14. The maximum Gasteiger partial charge on any atom is 0.315 e. The monoisotopic (exact) mass is 720 g/mol. The molecule has 4 aromatic carbocycles. The smallest absolute Gasteiger partial charge is 0.315 e. The van der Waals surface area contributed by atoms with Crippen molar-refractivity contribution in [3.05, 3.63) is 120 Å². The normalized spacial score (nSPS) is 16.3. The Kier molecular flexibility index (Phi) is 12.3. The number of benzene rings is 4. The van der Waals surface area contributed by atoms with Crippen LogP contribution < -0.4 is 40.5 Å². The van der Waals surface area contributed by atoms with Gasteiger partial charge in [0.2, 0.25) is 17.7 Å². The highest BCUT2D eigenvalue weighted by Gasteiger charge is 2.62. The third-order valence-electron chi connectivity index (χ3n) is 9.20. The molecule has 4 aromatic rings. The highest BCUT2D eigenvalue weighted by molar-refractivity contribution is 6.06. The van der Waals surface area contributed by atoms with Gasteiger partial charge in [0.25, 0.3) is 5.91 Å². The Morgan fingerprint density at radius 1 is 0.698 bits per heavy atom. The molecule has 1 fully saturated rings. The molecule has 13 heteroatoms. The molecule has 1 aliphatic rings. The molecule has 0 bridgehead atoms. The van der Waals surface area contributed by atoms with Crippen molar-refractivity contribution in [2.45, 2.75) is 30.3 Å². The summed E-state index contributed by atoms with van der Waals surface area (Å²) >= 11 is 0. The topological polar surface area (TPSA) is 158 Å². The first-order chi connectivity index (χ1) is 25.5. The van der Waals surface area contributed by atoms with Crippen molar-refractivity contribution in [1.29, 1.82) is 0 Å². The third kappa shape index (κ3) is 9.50. The van der Waals surface area contributed by atoms with Gasteiger partial charge in [-0.05, 0) is 66.1 Å². The molecule has 0 saturated heterocycles. The van der Waals surface area contributed by atoms with Gasteiger partial charge in [-0.15, -0.1) is 0 Å². The number of urea groups is 1. The van der Waals surface area contributed by atoms with Gasteiger partial charge in [-0.3, -0.25) is 19.2 Å². The molecule has 1 aliphatic carbocycles. The Morgan fingerprint density at radius 2 is 1.21 bits per heavy atom. The van der Waals surface area contributed by atoms with E-state index < -0.39 is 42.5 Å². The molecule has 3 atom stereocenters. The van der Waals surface area contributed by atoms with Crippen LogP contribution in [0.4, 0.5) is 16.2 Å². The van der Waals surface area contributed by atoms with Crippen LogP contribution in [0.5, 0.6) is 11.5 Å². The molecular weight excluding hydrogens is 676 g/mol. The van der Waals surface area contributed by atoms with Crippen LogP contribution in [-0.4, -0.2) is 82.6 Å². The van der Waals surface area contributed by atoms with Crippen LogP contribution in [0.25, 0.3) is 0 Å². The van der Waals surface area contributed by atoms with Gasteiger partial charge in [-0.1, -0.05) is 60.7 Å². The van der Waals surface area contributed by atoms with Crippen LogP contribution in [-0.2, 0) is 25.6 Å². The first-order valence-corrected chi connectivity index (χ1v) is 17.1. The van der Waals surface area contributed by atoms with Gasteiger partial charge < -0.3 is 40.5 Å². The molecule has 0 aromatic heterocycles. The van der Waals surface area contributed by atoms with Crippen molar-refractivity contribution in [2.24, 2.45) is 0 Å². The third-order valence-corrected chi connectivity index (χ3v) is 9.20. The summed E-state index contributed by atoms with van der Waals surface area (Å²) < 4.78 is 10.4. The number of methoxy groups -OCH3 is 2. The van der Waals surface area contributed by atoms with Crippen molar-refractivity contribution < 1.29 is 33.4 Å². The first-order valence-electron chi connectivity index (χ1n) is 17.1. The van der Waals surface area contributed by atoms with E-state index in [-0.39, 0.29) is 24.2 Å². The summed E-state index contributed by atoms with van der Waals surface area (Å²) in [5, 5.41) is 10.5. The van der Waals surface area contributed by atoms with E-state index >= 15 is 0 Å². The minimum absolute atomic E-state index is 0.219. The van der Waals surface area contributed by atoms with E-state index in [2.05, 4.69) is 21.3 Å². The van der Waals surface area contributed by atoms with Crippen molar-refractivity contribution in [2.75, 3.05) is 51.2 Å². The van der Waals surface area contributed by atoms with Gasteiger partial charge in [-0.25, -0.2) is 4.79 Å². The summed E-state index contributed by atoms with van der Waals surface area (Å²) in [4.78, 5) is 69.4. The molecule has 2 unspecified atom stereocenters. The van der Waals surface area contributed by atoms with Crippen LogP contribution in [0.15, 0.2) is 109 Å². The number of ether oxygens (including phenoxy) is 2. The Bertz CT molecular complexity index is 1890. The molecule has 0 aliphatic heterocycles. The second kappa shape index (κ2) is 17.2. The summed E-state index contributed by atoms with van der Waals surface area (Å²) in [7, 11) is 6.37. The fourth-order valence-electron chi connectivity index (χ4n) is 6.14. The summed E-state index contributed by atoms with van der Waals surface area (Å²) in [6.45, 7) is -0.901. The van der Waals surface area contributed by atoms with Gasteiger partial charge in [0.1, 0.15) is 23.1 Å². The van der Waals surface area contributed by atoms with E-state index in [1.54, 1.807) is 76.8 Å². The number of nitrogens with one attached hydrogen (secondary N) is 4. The lowest BCUT2D eigenvalue weighted by molar-refractivity contribution is -0.128. The summed E-state index contributed by atoms with van der Waals surface area (Å²) in [5.74, 6) is -0.822. The lowest BCUT2D eigenvalue weighted by Crippen LogP contribution is -2.54. The minimum atomic E-state index is -1.22.